The highest BCUT2D eigenvalue weighted by Gasteiger charge is 2.33. The van der Waals surface area contributed by atoms with E-state index in [0.717, 1.165) is 5.56 Å². The van der Waals surface area contributed by atoms with Gasteiger partial charge in [0.2, 0.25) is 0 Å². The number of ether oxygens (including phenoxy) is 7. The Kier molecular flexibility index (Phi) is 10.8. The Morgan fingerprint density at radius 3 is 2.37 bits per heavy atom. The van der Waals surface area contributed by atoms with Crippen LogP contribution in [-0.4, -0.2) is 77.3 Å². The average Bonchev–Trinajstić information content (AvgIpc) is 3.19. The van der Waals surface area contributed by atoms with E-state index in [1.807, 2.05) is 30.3 Å². The van der Waals surface area contributed by atoms with Gasteiger partial charge in [0, 0.05) is 20.6 Å². The molecule has 0 amide bonds. The van der Waals surface area contributed by atoms with E-state index in [9.17, 15) is 5.11 Å². The maximum Gasteiger partial charge on any atom is 0.160 e. The van der Waals surface area contributed by atoms with Crippen LogP contribution in [0.5, 0.6) is 0 Å². The van der Waals surface area contributed by atoms with Crippen LogP contribution >= 0.6 is 0 Å². The Bertz CT molecular complexity index is 480. The quantitative estimate of drug-likeness (QED) is 0.479. The molecule has 1 heterocycles. The Morgan fingerprint density at radius 2 is 1.70 bits per heavy atom. The third-order valence-corrected chi connectivity index (χ3v) is 4.04. The lowest BCUT2D eigenvalue weighted by Gasteiger charge is -2.31. The van der Waals surface area contributed by atoms with Crippen molar-refractivity contribution in [2.24, 2.45) is 0 Å². The maximum atomic E-state index is 10.7. The predicted octanol–water partition coefficient (Wildman–Crippen LogP) is 1.31. The van der Waals surface area contributed by atoms with E-state index in [4.69, 9.17) is 33.2 Å². The van der Waals surface area contributed by atoms with Crippen LogP contribution in [0.25, 0.3) is 0 Å². The van der Waals surface area contributed by atoms with Gasteiger partial charge in [-0.15, -0.1) is 0 Å². The van der Waals surface area contributed by atoms with Gasteiger partial charge < -0.3 is 38.3 Å². The first-order chi connectivity index (χ1) is 13.2. The van der Waals surface area contributed by atoms with Crippen LogP contribution in [0, 0.1) is 0 Å². The lowest BCUT2D eigenvalue weighted by Crippen LogP contribution is -2.46. The summed E-state index contributed by atoms with van der Waals surface area (Å²) in [6.45, 7) is 1.75. The number of aliphatic hydroxyl groups is 1. The molecule has 8 heteroatoms. The summed E-state index contributed by atoms with van der Waals surface area (Å²) in [5.74, 6) is 0. The molecule has 1 aliphatic rings. The first-order valence-corrected chi connectivity index (χ1v) is 8.98. The molecule has 1 saturated heterocycles. The van der Waals surface area contributed by atoms with Gasteiger partial charge in [-0.25, -0.2) is 0 Å². The van der Waals surface area contributed by atoms with E-state index in [1.165, 1.54) is 14.2 Å². The fourth-order valence-electron chi connectivity index (χ4n) is 2.75. The summed E-state index contributed by atoms with van der Waals surface area (Å²) in [6, 6.07) is 9.81. The van der Waals surface area contributed by atoms with Gasteiger partial charge in [0.1, 0.15) is 25.8 Å². The molecular formula is C19H30O8. The van der Waals surface area contributed by atoms with Gasteiger partial charge in [-0.2, -0.15) is 0 Å². The number of benzene rings is 1. The number of methoxy groups -OCH3 is 2. The van der Waals surface area contributed by atoms with Crippen molar-refractivity contribution >= 4 is 0 Å². The minimum absolute atomic E-state index is 0.0135. The molecule has 0 saturated carbocycles. The van der Waals surface area contributed by atoms with E-state index in [0.29, 0.717) is 19.8 Å². The van der Waals surface area contributed by atoms with Crippen LogP contribution in [0.3, 0.4) is 0 Å². The Balaban J connectivity index is 1.94. The lowest BCUT2D eigenvalue weighted by molar-refractivity contribution is -0.206. The molecule has 0 aliphatic carbocycles. The molecule has 3 atom stereocenters. The van der Waals surface area contributed by atoms with Gasteiger partial charge in [-0.05, 0) is 5.56 Å². The molecule has 1 aromatic carbocycles. The summed E-state index contributed by atoms with van der Waals surface area (Å²) in [7, 11) is 3.05. The fraction of sp³-hybridized carbons (Fsp3) is 0.684. The van der Waals surface area contributed by atoms with Crippen molar-refractivity contribution in [2.75, 3.05) is 47.6 Å². The van der Waals surface area contributed by atoms with E-state index in [2.05, 4.69) is 0 Å². The Morgan fingerprint density at radius 1 is 1.04 bits per heavy atom. The highest BCUT2D eigenvalue weighted by Crippen LogP contribution is 2.19. The van der Waals surface area contributed by atoms with E-state index < -0.39 is 24.6 Å². The third kappa shape index (κ3) is 8.20. The minimum atomic E-state index is -0.884. The zero-order chi connectivity index (χ0) is 19.3. The second-order valence-electron chi connectivity index (χ2n) is 6.12. The fourth-order valence-corrected chi connectivity index (χ4v) is 2.75. The standard InChI is InChI=1S/C19H30O8/c1-21-13-26-17(12-23-11-15-6-4-3-5-7-15)19(27-14-22-2)16(20)10-18-24-8-9-25-18/h3-7,16-20H,8-14H2,1-2H3/t16-,17+,19+/m1/s1. The van der Waals surface area contributed by atoms with E-state index in [-0.39, 0.29) is 26.6 Å². The molecule has 0 spiro atoms. The molecule has 1 fully saturated rings. The summed E-state index contributed by atoms with van der Waals surface area (Å²) >= 11 is 0. The molecule has 154 valence electrons. The van der Waals surface area contributed by atoms with Crippen LogP contribution < -0.4 is 0 Å². The van der Waals surface area contributed by atoms with Crippen molar-refractivity contribution in [3.63, 3.8) is 0 Å². The van der Waals surface area contributed by atoms with Crippen molar-refractivity contribution < 1.29 is 38.3 Å². The molecule has 27 heavy (non-hydrogen) atoms. The Hall–Kier alpha value is -1.10. The van der Waals surface area contributed by atoms with Crippen LogP contribution in [0.4, 0.5) is 0 Å². The van der Waals surface area contributed by atoms with Gasteiger partial charge in [0.25, 0.3) is 0 Å². The molecule has 0 bridgehead atoms. The SMILES string of the molecule is COCO[C@@H]([C@H](O)CC1OCCO1)[C@H](COCc1ccccc1)OCOC. The number of hydrogen-bond donors (Lipinski definition) is 1. The second-order valence-corrected chi connectivity index (χ2v) is 6.12. The van der Waals surface area contributed by atoms with Crippen LogP contribution in [-0.2, 0) is 39.8 Å². The van der Waals surface area contributed by atoms with Crippen LogP contribution in [0.15, 0.2) is 30.3 Å². The first-order valence-electron chi connectivity index (χ1n) is 8.98. The molecular weight excluding hydrogens is 356 g/mol. The highest BCUT2D eigenvalue weighted by atomic mass is 16.7. The normalized spacial score (nSPS) is 18.5. The summed E-state index contributed by atoms with van der Waals surface area (Å²) in [5.41, 5.74) is 1.05. The molecule has 1 aliphatic heterocycles. The summed E-state index contributed by atoms with van der Waals surface area (Å²) in [5, 5.41) is 10.7. The van der Waals surface area contributed by atoms with Gasteiger partial charge in [0.15, 0.2) is 6.29 Å². The van der Waals surface area contributed by atoms with Crippen molar-refractivity contribution in [3.05, 3.63) is 35.9 Å². The van der Waals surface area contributed by atoms with Gasteiger partial charge in [-0.3, -0.25) is 0 Å². The van der Waals surface area contributed by atoms with Gasteiger partial charge >= 0.3 is 0 Å². The summed E-state index contributed by atoms with van der Waals surface area (Å²) in [4.78, 5) is 0. The highest BCUT2D eigenvalue weighted by molar-refractivity contribution is 5.13. The zero-order valence-corrected chi connectivity index (χ0v) is 16.0. The minimum Gasteiger partial charge on any atom is -0.390 e. The molecule has 2 rings (SSSR count). The molecule has 0 unspecified atom stereocenters. The van der Waals surface area contributed by atoms with E-state index in [1.54, 1.807) is 0 Å². The van der Waals surface area contributed by atoms with Crippen molar-refractivity contribution in [1.29, 1.82) is 0 Å². The zero-order valence-electron chi connectivity index (χ0n) is 16.0. The summed E-state index contributed by atoms with van der Waals surface area (Å²) in [6.07, 6.45) is -2.32. The molecule has 1 aromatic rings. The number of aliphatic hydroxyl groups excluding tert-OH is 1. The van der Waals surface area contributed by atoms with Gasteiger partial charge in [-0.1, -0.05) is 30.3 Å². The van der Waals surface area contributed by atoms with Crippen LogP contribution in [0.2, 0.25) is 0 Å². The van der Waals surface area contributed by atoms with Crippen LogP contribution in [0.1, 0.15) is 12.0 Å². The van der Waals surface area contributed by atoms with E-state index >= 15 is 0 Å². The largest absolute Gasteiger partial charge is 0.390 e. The molecule has 0 radical (unpaired) electrons. The average molecular weight is 386 g/mol. The molecule has 0 aromatic heterocycles. The number of hydrogen-bond acceptors (Lipinski definition) is 8. The second kappa shape index (κ2) is 13.1. The first kappa shape index (κ1) is 22.2. The predicted molar refractivity (Wildman–Crippen MR) is 95.9 cm³/mol. The summed E-state index contributed by atoms with van der Waals surface area (Å²) < 4.78 is 38.0. The van der Waals surface area contributed by atoms with Crippen molar-refractivity contribution in [2.45, 2.75) is 37.6 Å². The lowest BCUT2D eigenvalue weighted by atomic mass is 10.0. The Labute approximate surface area is 160 Å². The maximum absolute atomic E-state index is 10.7. The monoisotopic (exact) mass is 386 g/mol. The van der Waals surface area contributed by atoms with Crippen molar-refractivity contribution in [1.82, 2.24) is 0 Å². The third-order valence-electron chi connectivity index (χ3n) is 4.04. The smallest absolute Gasteiger partial charge is 0.160 e. The molecule has 1 N–H and O–H groups in total. The number of rotatable bonds is 14. The van der Waals surface area contributed by atoms with Gasteiger partial charge in [0.05, 0.1) is 32.5 Å². The molecule has 8 nitrogen and oxygen atoms in total. The van der Waals surface area contributed by atoms with Crippen molar-refractivity contribution in [3.8, 4) is 0 Å². The topological polar surface area (TPSA) is 84.8 Å².